The van der Waals surface area contributed by atoms with Gasteiger partial charge in [0, 0.05) is 12.3 Å². The molecular weight excluding hydrogens is 431 g/mol. The number of H-pyrrole nitrogens is 1. The maximum atomic E-state index is 12.8. The number of hydrogen-bond acceptors (Lipinski definition) is 9. The number of halogens is 1. The van der Waals surface area contributed by atoms with E-state index < -0.39 is 48.4 Å². The standard InChI is InChI=1S/C16H22ClN2O9P/c1-9(2)26-12(21)5-7-24-29(23)25-8-10-13(28-29)16(3,17)14(27-10)19-6-4-11(20)18-15(19)22/h4,6,9-10,13-14H,5,7-8H2,1-3H3,(H,18,20,22)/t10-,13-,14-,16-,29?/m1/s1. The summed E-state index contributed by atoms with van der Waals surface area (Å²) in [4.78, 5) is 35.8. The molecule has 2 fully saturated rings. The zero-order valence-corrected chi connectivity index (χ0v) is 17.7. The average Bonchev–Trinajstić information content (AvgIpc) is 2.85. The van der Waals surface area contributed by atoms with Gasteiger partial charge in [0.2, 0.25) is 0 Å². The second kappa shape index (κ2) is 8.33. The van der Waals surface area contributed by atoms with Crippen molar-refractivity contribution in [1.82, 2.24) is 9.55 Å². The van der Waals surface area contributed by atoms with Crippen LogP contribution in [0.3, 0.4) is 0 Å². The van der Waals surface area contributed by atoms with Crippen LogP contribution in [0.25, 0.3) is 0 Å². The molecule has 1 unspecified atom stereocenters. The minimum absolute atomic E-state index is 0.132. The van der Waals surface area contributed by atoms with E-state index in [-0.39, 0.29) is 25.7 Å². The Labute approximate surface area is 170 Å². The van der Waals surface area contributed by atoms with Crippen LogP contribution in [0, 0.1) is 0 Å². The largest absolute Gasteiger partial charge is 0.475 e. The number of nitrogens with one attached hydrogen (secondary N) is 1. The zero-order chi connectivity index (χ0) is 21.4. The summed E-state index contributed by atoms with van der Waals surface area (Å²) in [6, 6.07) is 1.15. The highest BCUT2D eigenvalue weighted by molar-refractivity contribution is 7.48. The van der Waals surface area contributed by atoms with Crippen molar-refractivity contribution in [2.45, 2.75) is 56.6 Å². The van der Waals surface area contributed by atoms with Crippen LogP contribution in [-0.2, 0) is 32.4 Å². The van der Waals surface area contributed by atoms with Gasteiger partial charge in [0.05, 0.1) is 25.7 Å². The van der Waals surface area contributed by atoms with Gasteiger partial charge in [-0.3, -0.25) is 32.7 Å². The Morgan fingerprint density at radius 1 is 1.48 bits per heavy atom. The van der Waals surface area contributed by atoms with Crippen molar-refractivity contribution >= 4 is 25.4 Å². The average molecular weight is 453 g/mol. The number of phosphoric ester groups is 1. The van der Waals surface area contributed by atoms with Gasteiger partial charge in [-0.05, 0) is 20.8 Å². The molecule has 162 valence electrons. The lowest BCUT2D eigenvalue weighted by Crippen LogP contribution is -2.45. The number of aromatic nitrogens is 2. The van der Waals surface area contributed by atoms with E-state index in [4.69, 9.17) is 34.6 Å². The fourth-order valence-corrected chi connectivity index (χ4v) is 4.96. The second-order valence-electron chi connectivity index (χ2n) is 7.09. The monoisotopic (exact) mass is 452 g/mol. The number of rotatable bonds is 6. The van der Waals surface area contributed by atoms with Gasteiger partial charge in [0.25, 0.3) is 5.56 Å². The van der Waals surface area contributed by atoms with Crippen LogP contribution in [0.2, 0.25) is 0 Å². The van der Waals surface area contributed by atoms with Gasteiger partial charge in [0.15, 0.2) is 6.23 Å². The molecule has 0 radical (unpaired) electrons. The first kappa shape index (κ1) is 22.2. The van der Waals surface area contributed by atoms with Crippen molar-refractivity contribution in [2.24, 2.45) is 0 Å². The van der Waals surface area contributed by atoms with Gasteiger partial charge >= 0.3 is 19.5 Å². The van der Waals surface area contributed by atoms with Gasteiger partial charge in [-0.15, -0.1) is 11.6 Å². The van der Waals surface area contributed by atoms with Crippen LogP contribution in [0.15, 0.2) is 21.9 Å². The molecule has 0 saturated carbocycles. The SMILES string of the molecule is CC(C)OC(=O)CCOP1(=O)OC[C@H]2O[C@@H](n3ccc(=O)[nH]c3=O)[C@](C)(Cl)[C@@H]2O1. The first-order valence-corrected chi connectivity index (χ1v) is 10.8. The normalized spacial score (nSPS) is 34.2. The van der Waals surface area contributed by atoms with Crippen LogP contribution in [0.4, 0.5) is 0 Å². The molecule has 0 spiro atoms. The Morgan fingerprint density at radius 3 is 2.86 bits per heavy atom. The number of hydrogen-bond donors (Lipinski definition) is 1. The predicted octanol–water partition coefficient (Wildman–Crippen LogP) is 1.31. The van der Waals surface area contributed by atoms with E-state index in [1.54, 1.807) is 20.8 Å². The number of phosphoric acid groups is 1. The van der Waals surface area contributed by atoms with Crippen LogP contribution < -0.4 is 11.2 Å². The summed E-state index contributed by atoms with van der Waals surface area (Å²) in [6.07, 6.45) is -1.83. The van der Waals surface area contributed by atoms with Crippen molar-refractivity contribution in [3.8, 4) is 0 Å². The van der Waals surface area contributed by atoms with Crippen molar-refractivity contribution < 1.29 is 32.4 Å². The Bertz CT molecular complexity index is 927. The Balaban J connectivity index is 1.69. The summed E-state index contributed by atoms with van der Waals surface area (Å²) in [5.41, 5.74) is -1.27. The quantitative estimate of drug-likeness (QED) is 0.385. The van der Waals surface area contributed by atoms with E-state index in [0.29, 0.717) is 0 Å². The van der Waals surface area contributed by atoms with Crippen molar-refractivity contribution in [2.75, 3.05) is 13.2 Å². The zero-order valence-electron chi connectivity index (χ0n) is 16.0. The maximum Gasteiger partial charge on any atom is 0.475 e. The first-order valence-electron chi connectivity index (χ1n) is 8.95. The predicted molar refractivity (Wildman–Crippen MR) is 99.7 cm³/mol. The van der Waals surface area contributed by atoms with Crippen LogP contribution >= 0.6 is 19.4 Å². The van der Waals surface area contributed by atoms with Gasteiger partial charge in [-0.25, -0.2) is 9.36 Å². The topological polar surface area (TPSA) is 135 Å². The summed E-state index contributed by atoms with van der Waals surface area (Å²) in [7, 11) is -4.01. The van der Waals surface area contributed by atoms with Crippen molar-refractivity contribution in [3.05, 3.63) is 33.1 Å². The number of aromatic amines is 1. The molecular formula is C16H22ClN2O9P. The summed E-state index contributed by atoms with van der Waals surface area (Å²) in [5.74, 6) is -0.509. The third-order valence-corrected chi connectivity index (χ3v) is 6.20. The molecule has 1 aromatic heterocycles. The fourth-order valence-electron chi connectivity index (χ4n) is 3.09. The molecule has 3 rings (SSSR count). The molecule has 0 aliphatic carbocycles. The van der Waals surface area contributed by atoms with E-state index in [1.165, 1.54) is 6.20 Å². The molecule has 5 atom stereocenters. The summed E-state index contributed by atoms with van der Waals surface area (Å²) < 4.78 is 40.5. The molecule has 0 bridgehead atoms. The van der Waals surface area contributed by atoms with Crippen LogP contribution in [-0.4, -0.2) is 51.9 Å². The minimum atomic E-state index is -4.01. The molecule has 29 heavy (non-hydrogen) atoms. The summed E-state index contributed by atoms with van der Waals surface area (Å²) in [6.45, 7) is 4.58. The van der Waals surface area contributed by atoms with Gasteiger partial charge in [-0.1, -0.05) is 0 Å². The van der Waals surface area contributed by atoms with E-state index in [1.807, 2.05) is 0 Å². The van der Waals surface area contributed by atoms with E-state index in [0.717, 1.165) is 10.6 Å². The van der Waals surface area contributed by atoms with E-state index in [2.05, 4.69) is 4.98 Å². The highest BCUT2D eigenvalue weighted by atomic mass is 35.5. The molecule has 2 aliphatic heterocycles. The smallest absolute Gasteiger partial charge is 0.463 e. The highest BCUT2D eigenvalue weighted by Crippen LogP contribution is 2.59. The number of esters is 1. The molecule has 0 aromatic carbocycles. The second-order valence-corrected chi connectivity index (χ2v) is 9.52. The third-order valence-electron chi connectivity index (χ3n) is 4.35. The Hall–Kier alpha value is -1.49. The lowest BCUT2D eigenvalue weighted by molar-refractivity contribution is -0.148. The van der Waals surface area contributed by atoms with E-state index >= 15 is 0 Å². The third kappa shape index (κ3) is 4.82. The van der Waals surface area contributed by atoms with Crippen LogP contribution in [0.5, 0.6) is 0 Å². The van der Waals surface area contributed by atoms with Crippen LogP contribution in [0.1, 0.15) is 33.4 Å². The number of nitrogens with zero attached hydrogens (tertiary/aromatic N) is 1. The van der Waals surface area contributed by atoms with Gasteiger partial charge in [-0.2, -0.15) is 0 Å². The first-order chi connectivity index (χ1) is 13.5. The Kier molecular flexibility index (Phi) is 6.38. The Morgan fingerprint density at radius 2 is 2.21 bits per heavy atom. The highest BCUT2D eigenvalue weighted by Gasteiger charge is 2.60. The lowest BCUT2D eigenvalue weighted by atomic mass is 10.0. The summed E-state index contributed by atoms with van der Waals surface area (Å²) >= 11 is 6.61. The molecule has 2 aliphatic rings. The fraction of sp³-hybridized carbons (Fsp3) is 0.688. The molecule has 3 heterocycles. The van der Waals surface area contributed by atoms with E-state index in [9.17, 15) is 18.9 Å². The number of ether oxygens (including phenoxy) is 2. The molecule has 1 N–H and O–H groups in total. The number of alkyl halides is 1. The number of carbonyl (C=O) groups excluding carboxylic acids is 1. The molecule has 13 heteroatoms. The van der Waals surface area contributed by atoms with Crippen molar-refractivity contribution in [3.63, 3.8) is 0 Å². The number of fused-ring (bicyclic) bond motifs is 1. The molecule has 2 saturated heterocycles. The molecule has 1 aromatic rings. The maximum absolute atomic E-state index is 12.8. The minimum Gasteiger partial charge on any atom is -0.463 e. The van der Waals surface area contributed by atoms with Gasteiger partial charge in [0.1, 0.15) is 17.1 Å². The summed E-state index contributed by atoms with van der Waals surface area (Å²) in [5, 5.41) is 0. The lowest BCUT2D eigenvalue weighted by Gasteiger charge is -2.34. The van der Waals surface area contributed by atoms with Crippen molar-refractivity contribution in [1.29, 1.82) is 0 Å². The molecule has 0 amide bonds. The molecule has 11 nitrogen and oxygen atoms in total. The number of carbonyl (C=O) groups is 1. The van der Waals surface area contributed by atoms with Gasteiger partial charge < -0.3 is 9.47 Å².